The molecule has 1 saturated carbocycles. The van der Waals surface area contributed by atoms with E-state index in [-0.39, 0.29) is 66.6 Å². The Kier molecular flexibility index (Phi) is 12.9. The summed E-state index contributed by atoms with van der Waals surface area (Å²) in [6.07, 6.45) is 6.41. The van der Waals surface area contributed by atoms with Gasteiger partial charge >= 0.3 is 12.2 Å². The van der Waals surface area contributed by atoms with Crippen LogP contribution < -0.4 is 5.32 Å². The topological polar surface area (TPSA) is 177 Å². The summed E-state index contributed by atoms with van der Waals surface area (Å²) >= 11 is 1.70. The number of methoxy groups -OCH3 is 1. The number of halogens is 2. The minimum atomic E-state index is -1.12. The first-order valence-corrected chi connectivity index (χ1v) is 20.7. The van der Waals surface area contributed by atoms with Gasteiger partial charge in [-0.25, -0.2) is 19.6 Å². The maximum Gasteiger partial charge on any atom is 0.407 e. The molecule has 8 rings (SSSR count). The Morgan fingerprint density at radius 1 is 0.915 bits per heavy atom. The van der Waals surface area contributed by atoms with E-state index in [1.165, 1.54) is 14.2 Å². The van der Waals surface area contributed by atoms with Crippen molar-refractivity contribution in [3.63, 3.8) is 0 Å². The minimum absolute atomic E-state index is 0. The molecule has 2 saturated heterocycles. The molecule has 3 fully saturated rings. The third-order valence-corrected chi connectivity index (χ3v) is 13.5. The van der Waals surface area contributed by atoms with Crippen LogP contribution in [0.25, 0.3) is 42.7 Å². The molecular weight excluding hydrogens is 815 g/mol. The van der Waals surface area contributed by atoms with Gasteiger partial charge in [0.25, 0.3) is 0 Å². The zero-order valence-corrected chi connectivity index (χ0v) is 36.4. The number of carbonyl (C=O) groups excluding carboxylic acids is 3. The number of ether oxygens (including phenoxy) is 1. The Labute approximate surface area is 359 Å². The summed E-state index contributed by atoms with van der Waals surface area (Å²) in [6, 6.07) is 11.0. The fourth-order valence-electron chi connectivity index (χ4n) is 9.41. The first kappa shape index (κ1) is 43.7. The molecule has 3 unspecified atom stereocenters. The molecule has 6 atom stereocenters. The highest BCUT2D eigenvalue weighted by Crippen LogP contribution is 2.50. The van der Waals surface area contributed by atoms with Crippen LogP contribution >= 0.6 is 36.2 Å². The van der Waals surface area contributed by atoms with E-state index in [4.69, 9.17) is 14.7 Å². The lowest BCUT2D eigenvalue weighted by Crippen LogP contribution is -2.54. The van der Waals surface area contributed by atoms with Crippen molar-refractivity contribution >= 4 is 81.0 Å². The largest absolute Gasteiger partial charge is 0.465 e. The first-order valence-electron chi connectivity index (χ1n) is 19.8. The Hall–Kier alpha value is -4.86. The Morgan fingerprint density at radius 2 is 1.63 bits per heavy atom. The summed E-state index contributed by atoms with van der Waals surface area (Å²) in [6.45, 7) is 8.14. The smallest absolute Gasteiger partial charge is 0.407 e. The Balaban J connectivity index is 0.00000293. The second-order valence-electron chi connectivity index (χ2n) is 16.4. The molecule has 14 nitrogen and oxygen atoms in total. The summed E-state index contributed by atoms with van der Waals surface area (Å²) in [5.74, 6) is 1.20. The molecule has 316 valence electrons. The monoisotopic (exact) mass is 866 g/mol. The minimum Gasteiger partial charge on any atom is -0.465 e. The van der Waals surface area contributed by atoms with Gasteiger partial charge in [-0.2, -0.15) is 0 Å². The van der Waals surface area contributed by atoms with Gasteiger partial charge in [0.05, 0.1) is 47.9 Å². The van der Waals surface area contributed by atoms with E-state index in [2.05, 4.69) is 51.7 Å². The lowest BCUT2D eigenvalue weighted by atomic mass is 9.95. The number of alkyl carbamates (subject to hydrolysis) is 1. The number of benzene rings is 2. The van der Waals surface area contributed by atoms with Crippen LogP contribution in [0.15, 0.2) is 48.8 Å². The zero-order valence-electron chi connectivity index (χ0n) is 33.9. The van der Waals surface area contributed by atoms with Crippen molar-refractivity contribution in [2.75, 3.05) is 20.7 Å². The normalized spacial score (nSPS) is 20.8. The number of hydrogen-bond acceptors (Lipinski definition) is 8. The third kappa shape index (κ3) is 7.96. The Morgan fingerprint density at radius 3 is 2.34 bits per heavy atom. The number of H-pyrrole nitrogens is 2. The number of piperidine rings is 1. The van der Waals surface area contributed by atoms with Crippen LogP contribution in [0.2, 0.25) is 0 Å². The van der Waals surface area contributed by atoms with Gasteiger partial charge in [0, 0.05) is 29.9 Å². The fraction of sp³-hybridized carbons (Fsp3) is 0.476. The number of carboxylic acid groups (broad SMARTS) is 1. The van der Waals surface area contributed by atoms with E-state index in [0.717, 1.165) is 85.5 Å². The summed E-state index contributed by atoms with van der Waals surface area (Å²) in [7, 11) is 2.76. The van der Waals surface area contributed by atoms with Crippen molar-refractivity contribution in [3.05, 3.63) is 60.4 Å². The van der Waals surface area contributed by atoms with Crippen LogP contribution in [0.4, 0.5) is 9.59 Å². The predicted molar refractivity (Wildman–Crippen MR) is 232 cm³/mol. The lowest BCUT2D eigenvalue weighted by Gasteiger charge is -2.37. The predicted octanol–water partition coefficient (Wildman–Crippen LogP) is 8.41. The number of aromatic nitrogens is 4. The number of amides is 4. The zero-order chi connectivity index (χ0) is 40.3. The van der Waals surface area contributed by atoms with Crippen molar-refractivity contribution in [2.24, 2.45) is 17.8 Å². The summed E-state index contributed by atoms with van der Waals surface area (Å²) < 4.78 is 5.99. The maximum atomic E-state index is 14.0. The highest BCUT2D eigenvalue weighted by molar-refractivity contribution is 7.23. The Bertz CT molecular complexity index is 2360. The fourth-order valence-corrected chi connectivity index (χ4v) is 10.6. The van der Waals surface area contributed by atoms with Crippen molar-refractivity contribution in [2.45, 2.75) is 90.0 Å². The van der Waals surface area contributed by atoms with Crippen LogP contribution in [-0.4, -0.2) is 103 Å². The molecule has 2 aliphatic heterocycles. The highest BCUT2D eigenvalue weighted by atomic mass is 35.5. The molecule has 4 amide bonds. The number of nitrogens with zero attached hydrogens (tertiary/aromatic N) is 5. The van der Waals surface area contributed by atoms with Gasteiger partial charge in [0.1, 0.15) is 23.7 Å². The number of likely N-dealkylation sites (tertiary alicyclic amines) is 2. The van der Waals surface area contributed by atoms with E-state index in [1.807, 2.05) is 45.0 Å². The van der Waals surface area contributed by atoms with Crippen LogP contribution in [-0.2, 0) is 14.3 Å². The molecule has 0 radical (unpaired) electrons. The van der Waals surface area contributed by atoms with Crippen molar-refractivity contribution in [1.29, 1.82) is 0 Å². The van der Waals surface area contributed by atoms with Crippen LogP contribution in [0, 0.1) is 17.8 Å². The average molecular weight is 868 g/mol. The molecule has 59 heavy (non-hydrogen) atoms. The number of aromatic amines is 2. The van der Waals surface area contributed by atoms with E-state index in [1.54, 1.807) is 16.2 Å². The number of nitrogens with one attached hydrogen (secondary N) is 3. The van der Waals surface area contributed by atoms with Crippen LogP contribution in [0.1, 0.15) is 83.5 Å². The van der Waals surface area contributed by atoms with Crippen LogP contribution in [0.3, 0.4) is 0 Å². The SMILES string of the molecule is COC(=O)NC(C(=O)N1[C@@H]2CC[C@@H](C2)[C@H]1c1ncc(-c2cc3ccc4cc(-c5cnc(C6CCCN6C(=O)C(C(C)C)N(C)C(=O)O)[nH]5)ccc4c3s2)[nH]1)C(C)C.Cl.Cl. The van der Waals surface area contributed by atoms with Crippen molar-refractivity contribution in [1.82, 2.24) is 40.0 Å². The molecule has 1 aliphatic carbocycles. The molecular formula is C42H52Cl2N8O6S. The van der Waals surface area contributed by atoms with Gasteiger partial charge in [-0.05, 0) is 78.1 Å². The quantitative estimate of drug-likeness (QED) is 0.108. The molecule has 17 heteroatoms. The molecule has 5 aromatic rings. The number of thiophene rings is 1. The number of likely N-dealkylation sites (N-methyl/N-ethyl adjacent to an activating group) is 1. The van der Waals surface area contributed by atoms with E-state index < -0.39 is 24.3 Å². The van der Waals surface area contributed by atoms with Gasteiger partial charge in [-0.3, -0.25) is 14.5 Å². The van der Waals surface area contributed by atoms with E-state index >= 15 is 0 Å². The second-order valence-corrected chi connectivity index (χ2v) is 17.5. The number of hydrogen-bond donors (Lipinski definition) is 4. The van der Waals surface area contributed by atoms with Gasteiger partial charge in [-0.15, -0.1) is 36.2 Å². The van der Waals surface area contributed by atoms with Crippen LogP contribution in [0.5, 0.6) is 0 Å². The molecule has 4 N–H and O–H groups in total. The van der Waals surface area contributed by atoms with E-state index in [9.17, 15) is 24.3 Å². The molecule has 2 aromatic carbocycles. The summed E-state index contributed by atoms with van der Waals surface area (Å²) in [5, 5.41) is 15.7. The standard InChI is InChI=1S/C42H50N8O6S.2ClH/c1-21(2)33(47-41(53)56-6)39(51)50-27-13-11-25(17-27)35(50)38-44-20-30(46-38)32-18-26-10-9-23-16-24(12-14-28(23)36(26)57-32)29-19-43-37(45-29)31-8-7-15-49(31)40(52)34(22(3)4)48(5)42(54)55;;/h9-10,12,14,16,18-22,25,27,31,33-35H,7-8,11,13,15,17H2,1-6H3,(H,43,45)(H,44,46)(H,47,53)(H,54,55);2*1H/t25-,27+,31?,33?,34?,35-;;/m0../s1. The number of rotatable bonds is 10. The second kappa shape index (κ2) is 17.4. The molecule has 0 spiro atoms. The summed E-state index contributed by atoms with van der Waals surface area (Å²) in [5.41, 5.74) is 2.72. The highest BCUT2D eigenvalue weighted by Gasteiger charge is 2.51. The van der Waals surface area contributed by atoms with Crippen molar-refractivity contribution in [3.8, 4) is 21.8 Å². The number of fused-ring (bicyclic) bond motifs is 5. The average Bonchev–Trinajstić information content (AvgIpc) is 4.04. The van der Waals surface area contributed by atoms with Gasteiger partial charge in [0.2, 0.25) is 11.8 Å². The van der Waals surface area contributed by atoms with Gasteiger partial charge in [0.15, 0.2) is 0 Å². The summed E-state index contributed by atoms with van der Waals surface area (Å²) in [4.78, 5) is 74.2. The molecule has 3 aromatic heterocycles. The molecule has 5 heterocycles. The maximum absolute atomic E-state index is 14.0. The number of carbonyl (C=O) groups is 4. The first-order chi connectivity index (χ1) is 27.3. The van der Waals surface area contributed by atoms with E-state index in [0.29, 0.717) is 18.3 Å². The number of imidazole rings is 2. The van der Waals surface area contributed by atoms with Gasteiger partial charge < -0.3 is 34.9 Å². The van der Waals surface area contributed by atoms with Crippen molar-refractivity contribution < 1.29 is 29.0 Å². The lowest BCUT2D eigenvalue weighted by molar-refractivity contribution is -0.139. The molecule has 3 aliphatic rings. The van der Waals surface area contributed by atoms with Gasteiger partial charge in [-0.1, -0.05) is 52.0 Å². The third-order valence-electron chi connectivity index (χ3n) is 12.2. The molecule has 2 bridgehead atoms.